The summed E-state index contributed by atoms with van der Waals surface area (Å²) in [6.45, 7) is 1.69. The highest BCUT2D eigenvalue weighted by molar-refractivity contribution is 5.50. The number of aromatic nitrogens is 3. The van der Waals surface area contributed by atoms with Crippen molar-refractivity contribution in [3.63, 3.8) is 0 Å². The van der Waals surface area contributed by atoms with Crippen LogP contribution in [-0.2, 0) is 0 Å². The van der Waals surface area contributed by atoms with Crippen LogP contribution in [-0.4, -0.2) is 19.5 Å². The smallest absolute Gasteiger partial charge is 0.0997 e. The molecule has 0 saturated heterocycles. The van der Waals surface area contributed by atoms with Gasteiger partial charge in [0.1, 0.15) is 0 Å². The maximum Gasteiger partial charge on any atom is 0.0997 e. The summed E-state index contributed by atoms with van der Waals surface area (Å²) in [4.78, 5) is 8.02. The molecule has 0 radical (unpaired) electrons. The number of imidazole rings is 1. The molecule has 0 fully saturated rings. The number of nitrogens with zero attached hydrogens (tertiary/aromatic N) is 3. The van der Waals surface area contributed by atoms with Gasteiger partial charge in [-0.3, -0.25) is 4.98 Å². The Bertz CT molecular complexity index is 394. The van der Waals surface area contributed by atoms with Crippen LogP contribution in [0.4, 0.5) is 0 Å². The third-order valence-corrected chi connectivity index (χ3v) is 1.77. The van der Waals surface area contributed by atoms with Crippen LogP contribution in [0.5, 0.6) is 0 Å². The molecule has 0 aromatic carbocycles. The molecule has 0 aliphatic carbocycles. The Morgan fingerprint density at radius 2 is 2.42 bits per heavy atom. The van der Waals surface area contributed by atoms with E-state index in [-0.39, 0.29) is 0 Å². The first-order valence-electron chi connectivity index (χ1n) is 3.73. The van der Waals surface area contributed by atoms with E-state index in [0.717, 1.165) is 5.52 Å². The number of rotatable bonds is 1. The minimum absolute atomic E-state index is 0.542. The molecule has 2 aromatic rings. The Morgan fingerprint density at radius 1 is 1.58 bits per heavy atom. The summed E-state index contributed by atoms with van der Waals surface area (Å²) in [5.74, 6) is 0. The molecule has 1 unspecified atom stereocenters. The molecule has 0 aliphatic heterocycles. The summed E-state index contributed by atoms with van der Waals surface area (Å²) in [6.07, 6.45) is 6.29. The van der Waals surface area contributed by atoms with Crippen LogP contribution in [0, 0.1) is 0 Å². The van der Waals surface area contributed by atoms with Gasteiger partial charge in [0.2, 0.25) is 0 Å². The van der Waals surface area contributed by atoms with Gasteiger partial charge >= 0.3 is 0 Å². The lowest BCUT2D eigenvalue weighted by Crippen LogP contribution is -1.92. The van der Waals surface area contributed by atoms with Gasteiger partial charge in [0.05, 0.1) is 29.8 Å². The highest BCUT2D eigenvalue weighted by atomic mass is 16.3. The van der Waals surface area contributed by atoms with Gasteiger partial charge in [-0.2, -0.15) is 0 Å². The zero-order chi connectivity index (χ0) is 8.55. The minimum Gasteiger partial charge on any atom is -0.387 e. The first-order chi connectivity index (χ1) is 5.79. The van der Waals surface area contributed by atoms with E-state index in [1.54, 1.807) is 31.8 Å². The monoisotopic (exact) mass is 163 g/mol. The molecule has 0 aliphatic rings. The number of fused-ring (bicyclic) bond motifs is 1. The predicted molar refractivity (Wildman–Crippen MR) is 43.6 cm³/mol. The average Bonchev–Trinajstić information content (AvgIpc) is 2.47. The van der Waals surface area contributed by atoms with Gasteiger partial charge in [-0.05, 0) is 6.92 Å². The molecule has 0 bridgehead atoms. The number of hydrogen-bond acceptors (Lipinski definition) is 3. The van der Waals surface area contributed by atoms with Crippen LogP contribution >= 0.6 is 0 Å². The Morgan fingerprint density at radius 3 is 3.17 bits per heavy atom. The van der Waals surface area contributed by atoms with E-state index >= 15 is 0 Å². The molecule has 4 nitrogen and oxygen atoms in total. The molecule has 2 aromatic heterocycles. The molecule has 2 heterocycles. The molecule has 0 saturated carbocycles. The topological polar surface area (TPSA) is 50.4 Å². The van der Waals surface area contributed by atoms with Crippen molar-refractivity contribution < 1.29 is 5.11 Å². The Kier molecular flexibility index (Phi) is 1.55. The van der Waals surface area contributed by atoms with E-state index in [9.17, 15) is 5.11 Å². The fourth-order valence-electron chi connectivity index (χ4n) is 1.18. The maximum atomic E-state index is 9.31. The molecular formula is C8H9N3O. The van der Waals surface area contributed by atoms with E-state index in [0.29, 0.717) is 5.69 Å². The van der Waals surface area contributed by atoms with Crippen molar-refractivity contribution in [3.05, 3.63) is 30.6 Å². The van der Waals surface area contributed by atoms with Crippen molar-refractivity contribution in [1.29, 1.82) is 0 Å². The quantitative estimate of drug-likeness (QED) is 0.676. The maximum absolute atomic E-state index is 9.31. The summed E-state index contributed by atoms with van der Waals surface area (Å²) in [7, 11) is 0. The highest BCUT2D eigenvalue weighted by Gasteiger charge is 2.08. The molecular weight excluding hydrogens is 154 g/mol. The van der Waals surface area contributed by atoms with E-state index in [2.05, 4.69) is 9.97 Å². The molecule has 12 heavy (non-hydrogen) atoms. The Hall–Kier alpha value is -1.42. The first-order valence-corrected chi connectivity index (χ1v) is 3.73. The summed E-state index contributed by atoms with van der Waals surface area (Å²) in [5, 5.41) is 9.31. The fraction of sp³-hybridized carbons (Fsp3) is 0.250. The average molecular weight is 163 g/mol. The van der Waals surface area contributed by atoms with Crippen LogP contribution in [0.2, 0.25) is 0 Å². The van der Waals surface area contributed by atoms with Crippen LogP contribution in [0.25, 0.3) is 5.52 Å². The van der Waals surface area contributed by atoms with E-state index in [4.69, 9.17) is 0 Å². The SMILES string of the molecule is CC(O)c1ncn2ccncc12. The fourth-order valence-corrected chi connectivity index (χ4v) is 1.18. The second-order valence-corrected chi connectivity index (χ2v) is 2.67. The highest BCUT2D eigenvalue weighted by Crippen LogP contribution is 2.15. The van der Waals surface area contributed by atoms with Gasteiger partial charge in [0, 0.05) is 12.4 Å². The predicted octanol–water partition coefficient (Wildman–Crippen LogP) is 0.783. The zero-order valence-electron chi connectivity index (χ0n) is 6.68. The van der Waals surface area contributed by atoms with Crippen LogP contribution in [0.1, 0.15) is 18.7 Å². The number of aliphatic hydroxyl groups is 1. The van der Waals surface area contributed by atoms with Crippen LogP contribution < -0.4 is 0 Å². The molecule has 0 amide bonds. The van der Waals surface area contributed by atoms with Gasteiger partial charge in [-0.15, -0.1) is 0 Å². The summed E-state index contributed by atoms with van der Waals surface area (Å²) in [5.41, 5.74) is 1.52. The number of hydrogen-bond donors (Lipinski definition) is 1. The normalized spacial score (nSPS) is 13.5. The molecule has 1 N–H and O–H groups in total. The van der Waals surface area contributed by atoms with E-state index in [1.165, 1.54) is 0 Å². The Labute approximate surface area is 69.5 Å². The second kappa shape index (κ2) is 2.57. The lowest BCUT2D eigenvalue weighted by molar-refractivity contribution is 0.196. The van der Waals surface area contributed by atoms with Crippen molar-refractivity contribution in [2.45, 2.75) is 13.0 Å². The second-order valence-electron chi connectivity index (χ2n) is 2.67. The van der Waals surface area contributed by atoms with Crippen molar-refractivity contribution in [1.82, 2.24) is 14.4 Å². The minimum atomic E-state index is -0.542. The van der Waals surface area contributed by atoms with Gasteiger partial charge in [-0.1, -0.05) is 0 Å². The summed E-state index contributed by atoms with van der Waals surface area (Å²) < 4.78 is 1.83. The summed E-state index contributed by atoms with van der Waals surface area (Å²) in [6, 6.07) is 0. The largest absolute Gasteiger partial charge is 0.387 e. The van der Waals surface area contributed by atoms with Crippen molar-refractivity contribution in [2.75, 3.05) is 0 Å². The van der Waals surface area contributed by atoms with Gasteiger partial charge in [-0.25, -0.2) is 4.98 Å². The third-order valence-electron chi connectivity index (χ3n) is 1.77. The lowest BCUT2D eigenvalue weighted by atomic mass is 10.3. The number of aliphatic hydroxyl groups excluding tert-OH is 1. The zero-order valence-corrected chi connectivity index (χ0v) is 6.68. The van der Waals surface area contributed by atoms with E-state index < -0.39 is 6.10 Å². The first kappa shape index (κ1) is 7.24. The molecule has 1 atom stereocenters. The van der Waals surface area contributed by atoms with Crippen molar-refractivity contribution in [3.8, 4) is 0 Å². The molecule has 2 rings (SSSR count). The van der Waals surface area contributed by atoms with Gasteiger partial charge in [0.15, 0.2) is 0 Å². The summed E-state index contributed by atoms with van der Waals surface area (Å²) >= 11 is 0. The molecule has 0 spiro atoms. The van der Waals surface area contributed by atoms with Crippen molar-refractivity contribution >= 4 is 5.52 Å². The van der Waals surface area contributed by atoms with Crippen molar-refractivity contribution in [2.24, 2.45) is 0 Å². The standard InChI is InChI=1S/C8H9N3O/c1-6(12)8-7-4-9-2-3-11(7)5-10-8/h2-6,12H,1H3. The van der Waals surface area contributed by atoms with E-state index in [1.807, 2.05) is 4.40 Å². The van der Waals surface area contributed by atoms with Gasteiger partial charge < -0.3 is 9.51 Å². The van der Waals surface area contributed by atoms with Crippen LogP contribution in [0.15, 0.2) is 24.9 Å². The molecule has 62 valence electrons. The van der Waals surface area contributed by atoms with Crippen LogP contribution in [0.3, 0.4) is 0 Å². The molecule has 4 heteroatoms. The Balaban J connectivity index is 2.70. The third kappa shape index (κ3) is 0.967. The van der Waals surface area contributed by atoms with Gasteiger partial charge in [0.25, 0.3) is 0 Å². The lowest BCUT2D eigenvalue weighted by Gasteiger charge is -1.98.